The lowest BCUT2D eigenvalue weighted by Crippen LogP contribution is -2.15. The predicted molar refractivity (Wildman–Crippen MR) is 122 cm³/mol. The smallest absolute Gasteiger partial charge is 0.306 e. The highest BCUT2D eigenvalue weighted by Gasteiger charge is 2.18. The Morgan fingerprint density at radius 1 is 1.19 bits per heavy atom. The van der Waals surface area contributed by atoms with Crippen LogP contribution in [-0.2, 0) is 16.8 Å². The Bertz CT molecular complexity index is 1140. The maximum atomic E-state index is 13.5. The van der Waals surface area contributed by atoms with E-state index in [0.29, 0.717) is 17.5 Å². The number of benzene rings is 2. The van der Waals surface area contributed by atoms with Crippen molar-refractivity contribution >= 4 is 29.0 Å². The lowest BCUT2D eigenvalue weighted by Gasteiger charge is -2.19. The molecule has 32 heavy (non-hydrogen) atoms. The van der Waals surface area contributed by atoms with Gasteiger partial charge in [-0.3, -0.25) is 14.9 Å². The van der Waals surface area contributed by atoms with Gasteiger partial charge in [-0.05, 0) is 30.0 Å². The second-order valence-electron chi connectivity index (χ2n) is 8.14. The van der Waals surface area contributed by atoms with E-state index in [9.17, 15) is 19.3 Å². The Morgan fingerprint density at radius 2 is 1.88 bits per heavy atom. The van der Waals surface area contributed by atoms with E-state index in [1.54, 1.807) is 0 Å². The molecule has 0 bridgehead atoms. The first kappa shape index (κ1) is 23.4. The van der Waals surface area contributed by atoms with Crippen LogP contribution in [0.15, 0.2) is 47.6 Å². The summed E-state index contributed by atoms with van der Waals surface area (Å²) in [4.78, 5) is 22.3. The van der Waals surface area contributed by atoms with Crippen LogP contribution in [-0.4, -0.2) is 31.3 Å². The first-order chi connectivity index (χ1) is 15.1. The Hall–Kier alpha value is -3.27. The fourth-order valence-corrected chi connectivity index (χ4v) is 3.87. The lowest BCUT2D eigenvalue weighted by molar-refractivity contribution is -0.387. The van der Waals surface area contributed by atoms with Gasteiger partial charge in [0.15, 0.2) is 11.0 Å². The number of halogens is 1. The van der Waals surface area contributed by atoms with E-state index in [4.69, 9.17) is 0 Å². The molecule has 3 rings (SSSR count). The van der Waals surface area contributed by atoms with Gasteiger partial charge in [0.2, 0.25) is 11.7 Å². The van der Waals surface area contributed by atoms with Crippen LogP contribution in [0.4, 0.5) is 15.8 Å². The van der Waals surface area contributed by atoms with Crippen LogP contribution in [0.1, 0.15) is 33.3 Å². The van der Waals surface area contributed by atoms with Crippen molar-refractivity contribution in [2.75, 3.05) is 11.1 Å². The Kier molecular flexibility index (Phi) is 6.93. The van der Waals surface area contributed by atoms with Crippen LogP contribution >= 0.6 is 11.8 Å². The van der Waals surface area contributed by atoms with Gasteiger partial charge in [0.05, 0.1) is 10.7 Å². The van der Waals surface area contributed by atoms with Gasteiger partial charge in [0.25, 0.3) is 0 Å². The van der Waals surface area contributed by atoms with Gasteiger partial charge in [0, 0.05) is 23.9 Å². The molecule has 0 aliphatic heterocycles. The van der Waals surface area contributed by atoms with Gasteiger partial charge in [0.1, 0.15) is 0 Å². The molecular formula is C22H24FN5O3S. The standard InChI is InChI=1S/C22H24FN5O3S/c1-5-27-20(14-6-8-15(9-7-14)22(2,3)4)25-26-21(27)32-13-19(29)24-16-10-11-17(23)18(12-16)28(30)31/h6-12H,5,13H2,1-4H3,(H,24,29). The molecule has 0 atom stereocenters. The van der Waals surface area contributed by atoms with E-state index in [0.717, 1.165) is 17.7 Å². The molecule has 0 saturated heterocycles. The van der Waals surface area contributed by atoms with E-state index >= 15 is 0 Å². The summed E-state index contributed by atoms with van der Waals surface area (Å²) in [7, 11) is 0. The summed E-state index contributed by atoms with van der Waals surface area (Å²) in [5, 5.41) is 22.5. The molecule has 0 spiro atoms. The largest absolute Gasteiger partial charge is 0.325 e. The molecule has 1 N–H and O–H groups in total. The number of rotatable bonds is 7. The first-order valence-electron chi connectivity index (χ1n) is 10.0. The first-order valence-corrected chi connectivity index (χ1v) is 11.0. The summed E-state index contributed by atoms with van der Waals surface area (Å²) in [6.45, 7) is 9.05. The van der Waals surface area contributed by atoms with Gasteiger partial charge in [-0.1, -0.05) is 56.8 Å². The molecule has 1 amide bonds. The minimum Gasteiger partial charge on any atom is -0.325 e. The maximum Gasteiger partial charge on any atom is 0.306 e. The second-order valence-corrected chi connectivity index (χ2v) is 9.08. The molecule has 3 aromatic rings. The number of nitrogens with zero attached hydrogens (tertiary/aromatic N) is 4. The van der Waals surface area contributed by atoms with Gasteiger partial charge < -0.3 is 9.88 Å². The Morgan fingerprint density at radius 3 is 2.47 bits per heavy atom. The molecule has 0 saturated carbocycles. The quantitative estimate of drug-likeness (QED) is 0.303. The van der Waals surface area contributed by atoms with Gasteiger partial charge >= 0.3 is 5.69 Å². The minimum absolute atomic E-state index is 0.0201. The van der Waals surface area contributed by atoms with Crippen molar-refractivity contribution in [2.45, 2.75) is 44.8 Å². The number of nitro groups is 1. The van der Waals surface area contributed by atoms with Crippen molar-refractivity contribution in [1.29, 1.82) is 0 Å². The number of aromatic nitrogens is 3. The van der Waals surface area contributed by atoms with Crippen LogP contribution in [0.2, 0.25) is 0 Å². The van der Waals surface area contributed by atoms with Crippen molar-refractivity contribution in [3.63, 3.8) is 0 Å². The average molecular weight is 458 g/mol. The lowest BCUT2D eigenvalue weighted by atomic mass is 9.87. The van der Waals surface area contributed by atoms with Crippen LogP contribution in [0.5, 0.6) is 0 Å². The molecule has 0 fully saturated rings. The third-order valence-electron chi connectivity index (χ3n) is 4.80. The van der Waals surface area contributed by atoms with Crippen molar-refractivity contribution < 1.29 is 14.1 Å². The van der Waals surface area contributed by atoms with Gasteiger partial charge in [-0.2, -0.15) is 4.39 Å². The third kappa shape index (κ3) is 5.31. The minimum atomic E-state index is -0.957. The summed E-state index contributed by atoms with van der Waals surface area (Å²) >= 11 is 1.20. The number of hydrogen-bond acceptors (Lipinski definition) is 6. The molecule has 8 nitrogen and oxygen atoms in total. The zero-order chi connectivity index (χ0) is 23.5. The zero-order valence-corrected chi connectivity index (χ0v) is 19.1. The van der Waals surface area contributed by atoms with Crippen molar-refractivity contribution in [2.24, 2.45) is 0 Å². The summed E-state index contributed by atoms with van der Waals surface area (Å²) in [6.07, 6.45) is 0. The van der Waals surface area contributed by atoms with Crippen LogP contribution in [0, 0.1) is 15.9 Å². The third-order valence-corrected chi connectivity index (χ3v) is 5.77. The average Bonchev–Trinajstić information content (AvgIpc) is 3.16. The molecule has 0 aliphatic carbocycles. The fraction of sp³-hybridized carbons (Fsp3) is 0.318. The number of nitro benzene ring substituents is 1. The van der Waals surface area contributed by atoms with Crippen molar-refractivity contribution in [3.05, 3.63) is 64.0 Å². The number of amides is 1. The summed E-state index contributed by atoms with van der Waals surface area (Å²) in [5.74, 6) is -0.615. The Balaban J connectivity index is 1.70. The van der Waals surface area contributed by atoms with Crippen molar-refractivity contribution in [3.8, 4) is 11.4 Å². The normalized spacial score (nSPS) is 11.4. The number of hydrogen-bond donors (Lipinski definition) is 1. The molecule has 0 radical (unpaired) electrons. The van der Waals surface area contributed by atoms with E-state index < -0.39 is 22.3 Å². The van der Waals surface area contributed by atoms with Crippen LogP contribution in [0.25, 0.3) is 11.4 Å². The van der Waals surface area contributed by atoms with Crippen LogP contribution < -0.4 is 5.32 Å². The summed E-state index contributed by atoms with van der Waals surface area (Å²) < 4.78 is 15.4. The second kappa shape index (κ2) is 9.47. The fourth-order valence-electron chi connectivity index (χ4n) is 3.07. The van der Waals surface area contributed by atoms with E-state index in [1.807, 2.05) is 23.6 Å². The Labute approximate surface area is 189 Å². The van der Waals surface area contributed by atoms with E-state index in [1.165, 1.54) is 23.4 Å². The number of anilines is 1. The zero-order valence-electron chi connectivity index (χ0n) is 18.3. The summed E-state index contributed by atoms with van der Waals surface area (Å²) in [6, 6.07) is 11.4. The number of carbonyl (C=O) groups is 1. The molecule has 2 aromatic carbocycles. The molecule has 1 aromatic heterocycles. The predicted octanol–water partition coefficient (Wildman–Crippen LogP) is 5.04. The van der Waals surface area contributed by atoms with Crippen LogP contribution in [0.3, 0.4) is 0 Å². The maximum absolute atomic E-state index is 13.5. The molecular weight excluding hydrogens is 433 g/mol. The highest BCUT2D eigenvalue weighted by atomic mass is 32.2. The number of thioether (sulfide) groups is 1. The highest BCUT2D eigenvalue weighted by molar-refractivity contribution is 7.99. The highest BCUT2D eigenvalue weighted by Crippen LogP contribution is 2.28. The van der Waals surface area contributed by atoms with Gasteiger partial charge in [-0.15, -0.1) is 10.2 Å². The molecule has 10 heteroatoms. The number of nitrogens with one attached hydrogen (secondary N) is 1. The van der Waals surface area contributed by atoms with E-state index in [2.05, 4.69) is 48.4 Å². The molecule has 1 heterocycles. The van der Waals surface area contributed by atoms with Gasteiger partial charge in [-0.25, -0.2) is 0 Å². The number of carbonyl (C=O) groups excluding carboxylic acids is 1. The van der Waals surface area contributed by atoms with Crippen molar-refractivity contribution in [1.82, 2.24) is 14.8 Å². The summed E-state index contributed by atoms with van der Waals surface area (Å²) in [5.41, 5.74) is 1.66. The topological polar surface area (TPSA) is 103 Å². The van der Waals surface area contributed by atoms with E-state index in [-0.39, 0.29) is 16.9 Å². The molecule has 168 valence electrons. The SMILES string of the molecule is CCn1c(SCC(=O)Nc2ccc(F)c([N+](=O)[O-])c2)nnc1-c1ccc(C(C)(C)C)cc1. The molecule has 0 unspecified atom stereocenters. The monoisotopic (exact) mass is 457 g/mol. The molecule has 0 aliphatic rings.